The molecule has 0 fully saturated rings. The highest BCUT2D eigenvalue weighted by atomic mass is 15.1. The minimum atomic E-state index is 1.11. The van der Waals surface area contributed by atoms with Crippen molar-refractivity contribution in [3.05, 3.63) is 199 Å². The van der Waals surface area contributed by atoms with E-state index in [2.05, 4.69) is 206 Å². The summed E-state index contributed by atoms with van der Waals surface area (Å²) in [5.74, 6) is 0. The third kappa shape index (κ3) is 6.60. The van der Waals surface area contributed by atoms with Gasteiger partial charge in [0.15, 0.2) is 0 Å². The van der Waals surface area contributed by atoms with Gasteiger partial charge in [0.1, 0.15) is 0 Å². The molecule has 0 radical (unpaired) electrons. The average molecular weight is 590 g/mol. The third-order valence-corrected chi connectivity index (χ3v) is 8.34. The van der Waals surface area contributed by atoms with E-state index in [1.807, 2.05) is 0 Å². The molecule has 0 heterocycles. The number of anilines is 3. The topological polar surface area (TPSA) is 3.24 Å². The van der Waals surface area contributed by atoms with Gasteiger partial charge in [-0.2, -0.15) is 0 Å². The van der Waals surface area contributed by atoms with Gasteiger partial charge in [-0.05, 0) is 87.8 Å². The lowest BCUT2D eigenvalue weighted by Crippen LogP contribution is -2.10. The standard InChI is InChI=1S/C45H35N/c1-34-18-20-35(21-19-34)22-23-36-24-26-39(27-25-36)40-28-30-43(31-29-40)46(44-16-8-14-41(32-44)37-10-4-2-5-11-37)45-17-9-15-42(33-45)38-12-6-3-7-13-38/h2-33H,1H3/b23-22-. The fraction of sp³-hybridized carbons (Fsp3) is 0.0222. The zero-order chi connectivity index (χ0) is 31.1. The first-order valence-electron chi connectivity index (χ1n) is 15.8. The van der Waals surface area contributed by atoms with Gasteiger partial charge in [0.25, 0.3) is 0 Å². The lowest BCUT2D eigenvalue weighted by Gasteiger charge is -2.27. The summed E-state index contributed by atoms with van der Waals surface area (Å²) in [5.41, 5.74) is 14.2. The van der Waals surface area contributed by atoms with E-state index in [1.165, 1.54) is 50.1 Å². The summed E-state index contributed by atoms with van der Waals surface area (Å²) in [7, 11) is 0. The Morgan fingerprint density at radius 1 is 0.326 bits per heavy atom. The van der Waals surface area contributed by atoms with Crippen molar-refractivity contribution in [3.63, 3.8) is 0 Å². The minimum absolute atomic E-state index is 1.11. The molecular formula is C45H35N. The van der Waals surface area contributed by atoms with Gasteiger partial charge in [0.2, 0.25) is 0 Å². The van der Waals surface area contributed by atoms with Crippen LogP contribution in [-0.2, 0) is 0 Å². The zero-order valence-electron chi connectivity index (χ0n) is 25.9. The van der Waals surface area contributed by atoms with Crippen LogP contribution in [0.3, 0.4) is 0 Å². The second kappa shape index (κ2) is 13.4. The van der Waals surface area contributed by atoms with Crippen LogP contribution >= 0.6 is 0 Å². The van der Waals surface area contributed by atoms with Crippen LogP contribution in [0.15, 0.2) is 182 Å². The lowest BCUT2D eigenvalue weighted by atomic mass is 10.0. The second-order valence-corrected chi connectivity index (χ2v) is 11.6. The predicted molar refractivity (Wildman–Crippen MR) is 198 cm³/mol. The molecule has 0 saturated heterocycles. The maximum Gasteiger partial charge on any atom is 0.0467 e. The van der Waals surface area contributed by atoms with Crippen molar-refractivity contribution in [2.24, 2.45) is 0 Å². The van der Waals surface area contributed by atoms with Gasteiger partial charge < -0.3 is 4.90 Å². The lowest BCUT2D eigenvalue weighted by molar-refractivity contribution is 1.28. The highest BCUT2D eigenvalue weighted by molar-refractivity contribution is 5.83. The average Bonchev–Trinajstić information content (AvgIpc) is 3.13. The van der Waals surface area contributed by atoms with Crippen molar-refractivity contribution in [1.29, 1.82) is 0 Å². The molecule has 0 saturated carbocycles. The Bertz CT molecular complexity index is 1970. The number of hydrogen-bond donors (Lipinski definition) is 0. The van der Waals surface area contributed by atoms with E-state index < -0.39 is 0 Å². The van der Waals surface area contributed by atoms with E-state index in [1.54, 1.807) is 0 Å². The van der Waals surface area contributed by atoms with Gasteiger partial charge in [-0.15, -0.1) is 0 Å². The molecule has 0 spiro atoms. The Kier molecular flexibility index (Phi) is 8.39. The zero-order valence-corrected chi connectivity index (χ0v) is 25.9. The summed E-state index contributed by atoms with van der Waals surface area (Å²) in [6.45, 7) is 2.11. The van der Waals surface area contributed by atoms with Gasteiger partial charge in [-0.25, -0.2) is 0 Å². The largest absolute Gasteiger partial charge is 0.310 e. The van der Waals surface area contributed by atoms with Crippen molar-refractivity contribution >= 4 is 29.2 Å². The summed E-state index contributed by atoms with van der Waals surface area (Å²) < 4.78 is 0. The third-order valence-electron chi connectivity index (χ3n) is 8.34. The molecular weight excluding hydrogens is 555 g/mol. The summed E-state index contributed by atoms with van der Waals surface area (Å²) >= 11 is 0. The molecule has 0 atom stereocenters. The van der Waals surface area contributed by atoms with E-state index in [4.69, 9.17) is 0 Å². The van der Waals surface area contributed by atoms with Gasteiger partial charge in [0.05, 0.1) is 0 Å². The Labute approximate surface area is 272 Å². The summed E-state index contributed by atoms with van der Waals surface area (Å²) in [6, 6.07) is 65.0. The van der Waals surface area contributed by atoms with Crippen LogP contribution < -0.4 is 4.90 Å². The van der Waals surface area contributed by atoms with E-state index in [9.17, 15) is 0 Å². The molecule has 1 nitrogen and oxygen atoms in total. The normalized spacial score (nSPS) is 11.1. The van der Waals surface area contributed by atoms with Crippen molar-refractivity contribution in [1.82, 2.24) is 0 Å². The van der Waals surface area contributed by atoms with Gasteiger partial charge in [-0.1, -0.05) is 163 Å². The quantitative estimate of drug-likeness (QED) is 0.159. The van der Waals surface area contributed by atoms with Crippen LogP contribution in [0.1, 0.15) is 16.7 Å². The van der Waals surface area contributed by atoms with Crippen LogP contribution in [0.25, 0.3) is 45.5 Å². The smallest absolute Gasteiger partial charge is 0.0467 e. The summed E-state index contributed by atoms with van der Waals surface area (Å²) in [6.07, 6.45) is 4.33. The first kappa shape index (κ1) is 28.8. The maximum atomic E-state index is 2.35. The minimum Gasteiger partial charge on any atom is -0.310 e. The van der Waals surface area contributed by atoms with Crippen LogP contribution in [-0.4, -0.2) is 0 Å². The van der Waals surface area contributed by atoms with Crippen LogP contribution in [0, 0.1) is 6.92 Å². The molecule has 220 valence electrons. The predicted octanol–water partition coefficient (Wildman–Crippen LogP) is 12.6. The number of nitrogens with zero attached hydrogens (tertiary/aromatic N) is 1. The van der Waals surface area contributed by atoms with Gasteiger partial charge in [-0.3, -0.25) is 0 Å². The highest BCUT2D eigenvalue weighted by Crippen LogP contribution is 2.39. The van der Waals surface area contributed by atoms with Crippen LogP contribution in [0.5, 0.6) is 0 Å². The molecule has 0 aromatic heterocycles. The molecule has 0 aliphatic carbocycles. The molecule has 7 aromatic carbocycles. The monoisotopic (exact) mass is 589 g/mol. The molecule has 7 rings (SSSR count). The second-order valence-electron chi connectivity index (χ2n) is 11.6. The van der Waals surface area contributed by atoms with Crippen LogP contribution in [0.2, 0.25) is 0 Å². The van der Waals surface area contributed by atoms with E-state index in [0.717, 1.165) is 17.1 Å². The first-order chi connectivity index (χ1) is 22.7. The van der Waals surface area contributed by atoms with Crippen molar-refractivity contribution in [2.75, 3.05) is 4.90 Å². The maximum absolute atomic E-state index is 2.35. The first-order valence-corrected chi connectivity index (χ1v) is 15.8. The van der Waals surface area contributed by atoms with Gasteiger partial charge >= 0.3 is 0 Å². The van der Waals surface area contributed by atoms with Gasteiger partial charge in [0, 0.05) is 17.1 Å². The van der Waals surface area contributed by atoms with E-state index in [-0.39, 0.29) is 0 Å². The van der Waals surface area contributed by atoms with Crippen molar-refractivity contribution < 1.29 is 0 Å². The number of hydrogen-bond acceptors (Lipinski definition) is 1. The van der Waals surface area contributed by atoms with Crippen molar-refractivity contribution in [2.45, 2.75) is 6.92 Å². The summed E-state index contributed by atoms with van der Waals surface area (Å²) in [4.78, 5) is 2.35. The molecule has 46 heavy (non-hydrogen) atoms. The molecule has 0 N–H and O–H groups in total. The Balaban J connectivity index is 1.21. The molecule has 7 aromatic rings. The fourth-order valence-corrected chi connectivity index (χ4v) is 5.82. The molecule has 0 unspecified atom stereocenters. The Morgan fingerprint density at radius 3 is 1.20 bits per heavy atom. The number of aryl methyl sites for hydroxylation is 1. The number of benzene rings is 7. The molecule has 0 bridgehead atoms. The SMILES string of the molecule is Cc1ccc(/C=C\c2ccc(-c3ccc(N(c4cccc(-c5ccccc5)c4)c4cccc(-c5ccccc5)c4)cc3)cc2)cc1. The fourth-order valence-electron chi connectivity index (χ4n) is 5.82. The van der Waals surface area contributed by atoms with Crippen molar-refractivity contribution in [3.8, 4) is 33.4 Å². The molecule has 0 amide bonds. The molecule has 0 aliphatic heterocycles. The van der Waals surface area contributed by atoms with E-state index >= 15 is 0 Å². The highest BCUT2D eigenvalue weighted by Gasteiger charge is 2.15. The Morgan fingerprint density at radius 2 is 0.717 bits per heavy atom. The molecule has 1 heteroatoms. The van der Waals surface area contributed by atoms with Crippen LogP contribution in [0.4, 0.5) is 17.1 Å². The molecule has 0 aliphatic rings. The number of rotatable bonds is 8. The van der Waals surface area contributed by atoms with E-state index in [0.29, 0.717) is 0 Å². The Hall–Kier alpha value is -5.92. The summed E-state index contributed by atoms with van der Waals surface area (Å²) in [5, 5.41) is 0.